The highest BCUT2D eigenvalue weighted by Crippen LogP contribution is 2.16. The van der Waals surface area contributed by atoms with Crippen molar-refractivity contribution in [3.63, 3.8) is 0 Å². The Kier molecular flexibility index (Phi) is 4.74. The van der Waals surface area contributed by atoms with Crippen LogP contribution in [0.3, 0.4) is 0 Å². The Bertz CT molecular complexity index is 475. The minimum absolute atomic E-state index is 0.0277. The van der Waals surface area contributed by atoms with Gasteiger partial charge in [0, 0.05) is 20.1 Å². The van der Waals surface area contributed by atoms with E-state index in [2.05, 4.69) is 0 Å². The number of carbonyl (C=O) groups is 2. The number of hydrogen-bond acceptors (Lipinski definition) is 3. The summed E-state index contributed by atoms with van der Waals surface area (Å²) in [6.07, 6.45) is 0.630. The van der Waals surface area contributed by atoms with Gasteiger partial charge in [0.05, 0.1) is 12.5 Å². The molecule has 0 radical (unpaired) electrons. The molecule has 5 nitrogen and oxygen atoms in total. The van der Waals surface area contributed by atoms with Gasteiger partial charge in [-0.3, -0.25) is 14.5 Å². The maximum atomic E-state index is 12.1. The van der Waals surface area contributed by atoms with Crippen LogP contribution in [-0.4, -0.2) is 53.5 Å². The molecule has 108 valence electrons. The fourth-order valence-corrected chi connectivity index (χ4v) is 2.44. The van der Waals surface area contributed by atoms with Gasteiger partial charge < -0.3 is 10.0 Å². The molecule has 1 aliphatic rings. The number of rotatable bonds is 5. The van der Waals surface area contributed by atoms with E-state index in [1.807, 2.05) is 35.2 Å². The van der Waals surface area contributed by atoms with Gasteiger partial charge >= 0.3 is 5.97 Å². The van der Waals surface area contributed by atoms with Crippen molar-refractivity contribution >= 4 is 11.9 Å². The smallest absolute Gasteiger partial charge is 0.307 e. The summed E-state index contributed by atoms with van der Waals surface area (Å²) in [6.45, 7) is 2.03. The van der Waals surface area contributed by atoms with E-state index >= 15 is 0 Å². The number of likely N-dealkylation sites (N-methyl/N-ethyl adjacent to an activating group) is 1. The van der Waals surface area contributed by atoms with Crippen LogP contribution in [0.5, 0.6) is 0 Å². The number of nitrogens with zero attached hydrogens (tertiary/aromatic N) is 2. The third-order valence-corrected chi connectivity index (χ3v) is 3.67. The Labute approximate surface area is 118 Å². The average Bonchev–Trinajstić information content (AvgIpc) is 2.88. The summed E-state index contributed by atoms with van der Waals surface area (Å²) in [7, 11) is 1.78. The van der Waals surface area contributed by atoms with Gasteiger partial charge in [0.2, 0.25) is 5.91 Å². The molecule has 1 saturated heterocycles. The fourth-order valence-electron chi connectivity index (χ4n) is 2.44. The molecular weight excluding hydrogens is 256 g/mol. The van der Waals surface area contributed by atoms with Gasteiger partial charge in [0.1, 0.15) is 0 Å². The van der Waals surface area contributed by atoms with Crippen molar-refractivity contribution in [1.82, 2.24) is 9.80 Å². The van der Waals surface area contributed by atoms with Crippen LogP contribution in [0.1, 0.15) is 12.0 Å². The van der Waals surface area contributed by atoms with Crippen LogP contribution in [-0.2, 0) is 16.1 Å². The maximum Gasteiger partial charge on any atom is 0.307 e. The molecular formula is C15H20N2O3. The normalized spacial score (nSPS) is 18.9. The van der Waals surface area contributed by atoms with Crippen LogP contribution in [0, 0.1) is 5.92 Å². The highest BCUT2D eigenvalue weighted by Gasteiger charge is 2.29. The van der Waals surface area contributed by atoms with E-state index in [-0.39, 0.29) is 11.8 Å². The van der Waals surface area contributed by atoms with Crippen LogP contribution in [0.4, 0.5) is 0 Å². The second-order valence-corrected chi connectivity index (χ2v) is 5.29. The first-order valence-corrected chi connectivity index (χ1v) is 6.79. The Morgan fingerprint density at radius 3 is 2.65 bits per heavy atom. The number of benzene rings is 1. The molecule has 1 unspecified atom stereocenters. The Balaban J connectivity index is 1.81. The topological polar surface area (TPSA) is 60.9 Å². The zero-order valence-corrected chi connectivity index (χ0v) is 11.7. The molecule has 0 spiro atoms. The fraction of sp³-hybridized carbons (Fsp3) is 0.467. The summed E-state index contributed by atoms with van der Waals surface area (Å²) >= 11 is 0. The molecule has 1 amide bonds. The number of carbonyl (C=O) groups excluding carboxylic acids is 1. The van der Waals surface area contributed by atoms with Crippen molar-refractivity contribution in [2.24, 2.45) is 5.92 Å². The second-order valence-electron chi connectivity index (χ2n) is 5.29. The van der Waals surface area contributed by atoms with E-state index < -0.39 is 5.97 Å². The van der Waals surface area contributed by atoms with Crippen molar-refractivity contribution in [2.75, 3.05) is 26.7 Å². The summed E-state index contributed by atoms with van der Waals surface area (Å²) < 4.78 is 0. The largest absolute Gasteiger partial charge is 0.481 e. The van der Waals surface area contributed by atoms with Gasteiger partial charge in [0.15, 0.2) is 0 Å². The lowest BCUT2D eigenvalue weighted by Gasteiger charge is -2.21. The number of hydrogen-bond donors (Lipinski definition) is 1. The summed E-state index contributed by atoms with van der Waals surface area (Å²) in [6, 6.07) is 9.82. The average molecular weight is 276 g/mol. The lowest BCUT2D eigenvalue weighted by molar-refractivity contribution is -0.141. The van der Waals surface area contributed by atoms with Crippen molar-refractivity contribution in [3.05, 3.63) is 35.9 Å². The highest BCUT2D eigenvalue weighted by molar-refractivity contribution is 5.78. The molecule has 0 aromatic heterocycles. The van der Waals surface area contributed by atoms with Gasteiger partial charge in [-0.1, -0.05) is 30.3 Å². The van der Waals surface area contributed by atoms with Gasteiger partial charge in [-0.05, 0) is 18.5 Å². The molecule has 0 bridgehead atoms. The standard InChI is InChI=1S/C15H20N2O3/c1-16(9-12-5-3-2-4-6-12)14(18)11-17-8-7-13(10-17)15(19)20/h2-6,13H,7-11H2,1H3,(H,19,20). The highest BCUT2D eigenvalue weighted by atomic mass is 16.4. The monoisotopic (exact) mass is 276 g/mol. The molecule has 1 fully saturated rings. The van der Waals surface area contributed by atoms with E-state index in [1.54, 1.807) is 11.9 Å². The van der Waals surface area contributed by atoms with Gasteiger partial charge in [0.25, 0.3) is 0 Å². The molecule has 1 aromatic rings. The molecule has 1 atom stereocenters. The Morgan fingerprint density at radius 2 is 2.05 bits per heavy atom. The first-order chi connectivity index (χ1) is 9.56. The predicted octanol–water partition coefficient (Wildman–Crippen LogP) is 1.05. The molecule has 1 N–H and O–H groups in total. The van der Waals surface area contributed by atoms with E-state index in [0.29, 0.717) is 32.6 Å². The molecule has 0 aliphatic carbocycles. The number of likely N-dealkylation sites (tertiary alicyclic amines) is 1. The van der Waals surface area contributed by atoms with Crippen LogP contribution in [0.15, 0.2) is 30.3 Å². The van der Waals surface area contributed by atoms with Crippen molar-refractivity contribution in [3.8, 4) is 0 Å². The molecule has 2 rings (SSSR count). The second kappa shape index (κ2) is 6.52. The quantitative estimate of drug-likeness (QED) is 0.873. The number of amides is 1. The molecule has 5 heteroatoms. The SMILES string of the molecule is CN(Cc1ccccc1)C(=O)CN1CCC(C(=O)O)C1. The van der Waals surface area contributed by atoms with Gasteiger partial charge in [-0.2, -0.15) is 0 Å². The lowest BCUT2D eigenvalue weighted by Crippen LogP contribution is -2.37. The molecule has 1 aliphatic heterocycles. The third-order valence-electron chi connectivity index (χ3n) is 3.67. The predicted molar refractivity (Wildman–Crippen MR) is 75.1 cm³/mol. The van der Waals surface area contributed by atoms with Gasteiger partial charge in [-0.15, -0.1) is 0 Å². The summed E-state index contributed by atoms with van der Waals surface area (Å²) in [5, 5.41) is 8.95. The van der Waals surface area contributed by atoms with E-state index in [0.717, 1.165) is 5.56 Å². The van der Waals surface area contributed by atoms with Gasteiger partial charge in [-0.25, -0.2) is 0 Å². The van der Waals surface area contributed by atoms with Crippen LogP contribution >= 0.6 is 0 Å². The first kappa shape index (κ1) is 14.5. The number of carboxylic acid groups (broad SMARTS) is 1. The molecule has 1 aromatic carbocycles. The third kappa shape index (κ3) is 3.81. The number of carboxylic acids is 1. The summed E-state index contributed by atoms with van der Waals surface area (Å²) in [5.74, 6) is -1.07. The maximum absolute atomic E-state index is 12.1. The summed E-state index contributed by atoms with van der Waals surface area (Å²) in [5.41, 5.74) is 1.09. The zero-order chi connectivity index (χ0) is 14.5. The molecule has 1 heterocycles. The van der Waals surface area contributed by atoms with E-state index in [4.69, 9.17) is 5.11 Å². The van der Waals surface area contributed by atoms with E-state index in [9.17, 15) is 9.59 Å². The van der Waals surface area contributed by atoms with Crippen molar-refractivity contribution < 1.29 is 14.7 Å². The van der Waals surface area contributed by atoms with Crippen LogP contribution in [0.25, 0.3) is 0 Å². The minimum Gasteiger partial charge on any atom is -0.481 e. The zero-order valence-electron chi connectivity index (χ0n) is 11.7. The number of aliphatic carboxylic acids is 1. The van der Waals surface area contributed by atoms with Crippen molar-refractivity contribution in [2.45, 2.75) is 13.0 Å². The summed E-state index contributed by atoms with van der Waals surface area (Å²) in [4.78, 5) is 26.6. The first-order valence-electron chi connectivity index (χ1n) is 6.79. The Hall–Kier alpha value is -1.88. The van der Waals surface area contributed by atoms with Crippen LogP contribution < -0.4 is 0 Å². The van der Waals surface area contributed by atoms with Crippen molar-refractivity contribution in [1.29, 1.82) is 0 Å². The van der Waals surface area contributed by atoms with E-state index in [1.165, 1.54) is 0 Å². The lowest BCUT2D eigenvalue weighted by atomic mass is 10.1. The van der Waals surface area contributed by atoms with Crippen LogP contribution in [0.2, 0.25) is 0 Å². The minimum atomic E-state index is -0.766. The Morgan fingerprint density at radius 1 is 1.35 bits per heavy atom. The molecule has 20 heavy (non-hydrogen) atoms. The molecule has 0 saturated carbocycles.